The summed E-state index contributed by atoms with van der Waals surface area (Å²) >= 11 is 1.43. The van der Waals surface area contributed by atoms with E-state index in [0.717, 1.165) is 16.0 Å². The molecule has 2 aromatic carbocycles. The summed E-state index contributed by atoms with van der Waals surface area (Å²) in [5.41, 5.74) is 1.40. The number of nitrogens with zero attached hydrogens (tertiary/aromatic N) is 2. The van der Waals surface area contributed by atoms with Gasteiger partial charge in [-0.05, 0) is 18.2 Å². The van der Waals surface area contributed by atoms with Gasteiger partial charge >= 0.3 is 0 Å². The molecule has 0 fully saturated rings. The molecule has 0 unspecified atom stereocenters. The zero-order valence-corrected chi connectivity index (χ0v) is 15.4. The molecule has 138 valence electrons. The average Bonchev–Trinajstić information content (AvgIpc) is 3.00. The first kappa shape index (κ1) is 16.2. The summed E-state index contributed by atoms with van der Waals surface area (Å²) in [6.45, 7) is 2.06. The van der Waals surface area contributed by atoms with Gasteiger partial charge in [-0.2, -0.15) is 4.99 Å². The van der Waals surface area contributed by atoms with Crippen LogP contribution in [0.2, 0.25) is 0 Å². The first-order valence-electron chi connectivity index (χ1n) is 8.57. The normalized spacial score (nSPS) is 15.8. The van der Waals surface area contributed by atoms with Crippen molar-refractivity contribution in [3.8, 4) is 23.0 Å². The van der Waals surface area contributed by atoms with Gasteiger partial charge in [0.25, 0.3) is 5.91 Å². The molecule has 0 aliphatic carbocycles. The fourth-order valence-electron chi connectivity index (χ4n) is 3.10. The molecule has 2 aliphatic rings. The van der Waals surface area contributed by atoms with Crippen LogP contribution in [0.4, 0.5) is 0 Å². The van der Waals surface area contributed by atoms with Gasteiger partial charge in [-0.15, -0.1) is 0 Å². The second-order valence-corrected chi connectivity index (χ2v) is 7.19. The molecular weight excluding hydrogens is 368 g/mol. The fourth-order valence-corrected chi connectivity index (χ4v) is 4.13. The quantitative estimate of drug-likeness (QED) is 0.645. The first-order chi connectivity index (χ1) is 13.2. The van der Waals surface area contributed by atoms with Gasteiger partial charge in [0.2, 0.25) is 0 Å². The number of aromatic nitrogens is 1. The molecule has 7 nitrogen and oxygen atoms in total. The van der Waals surface area contributed by atoms with Crippen LogP contribution in [0.5, 0.6) is 23.0 Å². The van der Waals surface area contributed by atoms with Crippen molar-refractivity contribution < 1.29 is 23.7 Å². The van der Waals surface area contributed by atoms with E-state index < -0.39 is 0 Å². The van der Waals surface area contributed by atoms with E-state index >= 15 is 0 Å². The summed E-state index contributed by atoms with van der Waals surface area (Å²) in [6, 6.07) is 8.97. The van der Waals surface area contributed by atoms with Crippen LogP contribution >= 0.6 is 11.3 Å². The molecule has 0 N–H and O–H groups in total. The lowest BCUT2D eigenvalue weighted by atomic mass is 10.2. The number of ether oxygens (including phenoxy) is 4. The minimum absolute atomic E-state index is 0.327. The maximum Gasteiger partial charge on any atom is 0.279 e. The number of amides is 1. The standard InChI is InChI=1S/C19H16N2O5S/c1-21-12-9-15-16(26-7-6-25-15)10-17(12)27-19(21)20-18(22)11-2-3-13-14(8-11)24-5-4-23-13/h2-3,8-10H,4-7H2,1H3. The molecule has 0 saturated heterocycles. The molecule has 3 aromatic rings. The van der Waals surface area contributed by atoms with Crippen LogP contribution in [0, 0.1) is 0 Å². The highest BCUT2D eigenvalue weighted by Crippen LogP contribution is 2.35. The van der Waals surface area contributed by atoms with E-state index in [1.54, 1.807) is 18.2 Å². The van der Waals surface area contributed by atoms with Gasteiger partial charge in [0.1, 0.15) is 26.4 Å². The van der Waals surface area contributed by atoms with Crippen molar-refractivity contribution >= 4 is 27.5 Å². The van der Waals surface area contributed by atoms with E-state index in [0.29, 0.717) is 54.0 Å². The Morgan fingerprint density at radius 1 is 0.926 bits per heavy atom. The summed E-state index contributed by atoms with van der Waals surface area (Å²) in [5, 5.41) is 0. The second-order valence-electron chi connectivity index (χ2n) is 6.18. The Kier molecular flexibility index (Phi) is 3.78. The molecule has 0 radical (unpaired) electrons. The summed E-state index contributed by atoms with van der Waals surface area (Å²) in [6.07, 6.45) is 0. The number of rotatable bonds is 1. The lowest BCUT2D eigenvalue weighted by Gasteiger charge is -2.18. The molecule has 2 aliphatic heterocycles. The van der Waals surface area contributed by atoms with E-state index in [-0.39, 0.29) is 5.91 Å². The maximum atomic E-state index is 12.7. The van der Waals surface area contributed by atoms with Crippen molar-refractivity contribution in [2.24, 2.45) is 12.0 Å². The van der Waals surface area contributed by atoms with Crippen molar-refractivity contribution in [1.82, 2.24) is 4.57 Å². The average molecular weight is 384 g/mol. The van der Waals surface area contributed by atoms with Crippen LogP contribution in [-0.4, -0.2) is 36.9 Å². The van der Waals surface area contributed by atoms with Gasteiger partial charge in [0.15, 0.2) is 27.8 Å². The van der Waals surface area contributed by atoms with Gasteiger partial charge in [-0.25, -0.2) is 0 Å². The largest absolute Gasteiger partial charge is 0.486 e. The number of hydrogen-bond donors (Lipinski definition) is 0. The number of benzene rings is 2. The predicted molar refractivity (Wildman–Crippen MR) is 99.1 cm³/mol. The van der Waals surface area contributed by atoms with Crippen LogP contribution in [0.1, 0.15) is 10.4 Å². The Balaban J connectivity index is 1.55. The fraction of sp³-hybridized carbons (Fsp3) is 0.263. The Hall–Kier alpha value is -3.00. The van der Waals surface area contributed by atoms with Crippen LogP contribution < -0.4 is 23.7 Å². The zero-order chi connectivity index (χ0) is 18.4. The summed E-state index contributed by atoms with van der Waals surface area (Å²) in [7, 11) is 1.88. The molecule has 3 heterocycles. The lowest BCUT2D eigenvalue weighted by Crippen LogP contribution is -2.16. The second kappa shape index (κ2) is 6.31. The summed E-state index contributed by atoms with van der Waals surface area (Å²) in [4.78, 5) is 17.6. The number of carbonyl (C=O) groups is 1. The molecule has 0 atom stereocenters. The van der Waals surface area contributed by atoms with Crippen molar-refractivity contribution in [3.63, 3.8) is 0 Å². The Morgan fingerprint density at radius 3 is 2.30 bits per heavy atom. The molecule has 8 heteroatoms. The molecule has 5 rings (SSSR count). The van der Waals surface area contributed by atoms with Gasteiger partial charge in [0, 0.05) is 24.7 Å². The third-order valence-electron chi connectivity index (χ3n) is 4.46. The van der Waals surface area contributed by atoms with Crippen LogP contribution in [0.15, 0.2) is 35.3 Å². The highest BCUT2D eigenvalue weighted by Gasteiger charge is 2.17. The highest BCUT2D eigenvalue weighted by atomic mass is 32.1. The third kappa shape index (κ3) is 2.82. The molecule has 0 saturated carbocycles. The summed E-state index contributed by atoms with van der Waals surface area (Å²) in [5.74, 6) is 2.33. The molecular formula is C19H16N2O5S. The van der Waals surface area contributed by atoms with Crippen molar-refractivity contribution in [1.29, 1.82) is 0 Å². The van der Waals surface area contributed by atoms with E-state index in [2.05, 4.69) is 4.99 Å². The number of thiazole rings is 1. The van der Waals surface area contributed by atoms with Gasteiger partial charge in [-0.3, -0.25) is 4.79 Å². The Morgan fingerprint density at radius 2 is 1.56 bits per heavy atom. The smallest absolute Gasteiger partial charge is 0.279 e. The van der Waals surface area contributed by atoms with Gasteiger partial charge in [-0.1, -0.05) is 11.3 Å². The van der Waals surface area contributed by atoms with Gasteiger partial charge in [0.05, 0.1) is 10.2 Å². The van der Waals surface area contributed by atoms with Crippen molar-refractivity contribution in [3.05, 3.63) is 40.7 Å². The van der Waals surface area contributed by atoms with Gasteiger partial charge < -0.3 is 23.5 Å². The monoisotopic (exact) mass is 384 g/mol. The number of fused-ring (bicyclic) bond motifs is 3. The van der Waals surface area contributed by atoms with Crippen LogP contribution in [0.3, 0.4) is 0 Å². The predicted octanol–water partition coefficient (Wildman–Crippen LogP) is 2.52. The highest BCUT2D eigenvalue weighted by molar-refractivity contribution is 7.16. The topological polar surface area (TPSA) is 71.3 Å². The summed E-state index contributed by atoms with van der Waals surface area (Å²) < 4.78 is 25.2. The first-order valence-corrected chi connectivity index (χ1v) is 9.38. The number of aryl methyl sites for hydroxylation is 1. The van der Waals surface area contributed by atoms with Crippen LogP contribution in [-0.2, 0) is 7.05 Å². The number of hydrogen-bond acceptors (Lipinski definition) is 6. The van der Waals surface area contributed by atoms with E-state index in [9.17, 15) is 4.79 Å². The minimum atomic E-state index is -0.327. The SMILES string of the molecule is Cn1c(=NC(=O)c2ccc3c(c2)OCCO3)sc2cc3c(cc21)OCCO3. The molecule has 27 heavy (non-hydrogen) atoms. The molecule has 1 aromatic heterocycles. The van der Waals surface area contributed by atoms with Crippen molar-refractivity contribution in [2.75, 3.05) is 26.4 Å². The van der Waals surface area contributed by atoms with Crippen molar-refractivity contribution in [2.45, 2.75) is 0 Å². The molecule has 0 spiro atoms. The Labute approximate surface area is 158 Å². The van der Waals surface area contributed by atoms with E-state index in [1.807, 2.05) is 23.7 Å². The lowest BCUT2D eigenvalue weighted by molar-refractivity contribution is 0.0996. The zero-order valence-electron chi connectivity index (χ0n) is 14.6. The van der Waals surface area contributed by atoms with E-state index in [1.165, 1.54) is 11.3 Å². The maximum absolute atomic E-state index is 12.7. The third-order valence-corrected chi connectivity index (χ3v) is 5.55. The minimum Gasteiger partial charge on any atom is -0.486 e. The Bertz CT molecular complexity index is 1130. The molecule has 0 bridgehead atoms. The molecule has 1 amide bonds. The number of carbonyl (C=O) groups excluding carboxylic acids is 1. The van der Waals surface area contributed by atoms with E-state index in [4.69, 9.17) is 18.9 Å². The van der Waals surface area contributed by atoms with Crippen LogP contribution in [0.25, 0.3) is 10.2 Å².